The van der Waals surface area contributed by atoms with E-state index in [1.165, 1.54) is 5.39 Å². The summed E-state index contributed by atoms with van der Waals surface area (Å²) in [6.07, 6.45) is 9.75. The number of nitrogens with zero attached hydrogens (tertiary/aromatic N) is 5. The number of pyridine rings is 2. The summed E-state index contributed by atoms with van der Waals surface area (Å²) in [7, 11) is 0. The first-order valence-electron chi connectivity index (χ1n) is 22.1. The van der Waals surface area contributed by atoms with Crippen LogP contribution in [0.4, 0.5) is 0 Å². The van der Waals surface area contributed by atoms with E-state index in [0.717, 1.165) is 94.7 Å². The van der Waals surface area contributed by atoms with Crippen LogP contribution >= 0.6 is 0 Å². The van der Waals surface area contributed by atoms with E-state index in [-0.39, 0.29) is 11.0 Å². The van der Waals surface area contributed by atoms with Gasteiger partial charge in [-0.25, -0.2) is 4.98 Å². The minimum Gasteiger partial charge on any atom is -0.463 e. The molecule has 0 unspecified atom stereocenters. The Morgan fingerprint density at radius 3 is 2.26 bits per heavy atom. The van der Waals surface area contributed by atoms with Crippen LogP contribution in [0.15, 0.2) is 181 Å². The van der Waals surface area contributed by atoms with Crippen molar-refractivity contribution in [1.82, 2.24) is 19.1 Å². The zero-order valence-electron chi connectivity index (χ0n) is 37.1. The number of hydrogen-bond acceptors (Lipinski definition) is 3. The fourth-order valence-corrected chi connectivity index (χ4v) is 8.76. The van der Waals surface area contributed by atoms with Crippen LogP contribution < -0.4 is 4.57 Å². The van der Waals surface area contributed by atoms with Gasteiger partial charge in [0.15, 0.2) is 11.4 Å². The lowest BCUT2D eigenvalue weighted by atomic mass is 9.84. The number of benzene rings is 6. The maximum atomic E-state index is 8.59. The predicted octanol–water partition coefficient (Wildman–Crippen LogP) is 12.9. The second-order valence-corrected chi connectivity index (χ2v) is 16.8. The highest BCUT2D eigenvalue weighted by molar-refractivity contribution is 6.09. The first-order valence-corrected chi connectivity index (χ1v) is 20.6. The molecule has 0 aliphatic heterocycles. The molecule has 61 heavy (non-hydrogen) atoms. The highest BCUT2D eigenvalue weighted by atomic mass is 16.3. The van der Waals surface area contributed by atoms with Gasteiger partial charge in [-0.1, -0.05) is 148 Å². The number of hydrogen-bond donors (Lipinski definition) is 0. The van der Waals surface area contributed by atoms with Crippen molar-refractivity contribution in [2.24, 2.45) is 0 Å². The van der Waals surface area contributed by atoms with Crippen LogP contribution in [-0.2, 0) is 11.8 Å². The molecular weight excluding hydrogens is 747 g/mol. The normalized spacial score (nSPS) is 12.9. The van der Waals surface area contributed by atoms with Crippen molar-refractivity contribution in [2.75, 3.05) is 0 Å². The average Bonchev–Trinajstić information content (AvgIpc) is 4.02. The molecule has 0 aliphatic rings. The minimum atomic E-state index is -2.34. The number of aromatic nitrogens is 5. The van der Waals surface area contributed by atoms with Crippen LogP contribution in [0.1, 0.15) is 47.1 Å². The largest absolute Gasteiger partial charge is 0.463 e. The van der Waals surface area contributed by atoms with E-state index >= 15 is 0 Å². The van der Waals surface area contributed by atoms with E-state index in [1.807, 2.05) is 71.4 Å². The van der Waals surface area contributed by atoms with Gasteiger partial charge in [0.1, 0.15) is 5.82 Å². The third kappa shape index (κ3) is 6.39. The van der Waals surface area contributed by atoms with Gasteiger partial charge in [-0.2, -0.15) is 0 Å². The smallest absolute Gasteiger partial charge is 0.271 e. The van der Waals surface area contributed by atoms with E-state index in [0.29, 0.717) is 6.42 Å². The maximum absolute atomic E-state index is 8.59. The van der Waals surface area contributed by atoms with Crippen molar-refractivity contribution in [2.45, 2.75) is 39.5 Å². The van der Waals surface area contributed by atoms with Crippen LogP contribution in [0, 0.1) is 13.2 Å². The zero-order valence-corrected chi connectivity index (χ0v) is 34.1. The Balaban J connectivity index is 1.06. The summed E-state index contributed by atoms with van der Waals surface area (Å²) in [5.41, 5.74) is 12.6. The molecule has 6 aromatic carbocycles. The Bertz CT molecular complexity index is 3570. The SMILES string of the molecule is [2H]C([2H])([2H])c1cc(-c2ccccc2)c(-[n+]2[c-]n(-c3cc(Cc4ccc5c6ccccc6n(-c6cc7ccoc7cn6)c5c4)ccn3)c3ccccc32)c(-c2cccc(C(C)(C)C)c2)c1. The molecule has 0 spiro atoms. The number of aryl methyl sites for hydroxylation is 1. The first-order chi connectivity index (χ1) is 31.0. The van der Waals surface area contributed by atoms with Gasteiger partial charge in [0.25, 0.3) is 6.33 Å². The standard InChI is InChI=1S/C55H43N5O/c1-36-27-45(39-13-6-5-7-14-39)54(46(28-36)40-15-12-16-42(32-40)55(2,3)4)59-35-58(48-19-10-11-20-49(48)59)52-31-38(23-25-56-52)29-37-21-22-44-43-17-8-9-18-47(43)60(50(44)30-37)53-33-41-24-26-61-51(41)34-57-53/h5-28,30-34H,29H2,1-4H3/i1D3. The Morgan fingerprint density at radius 2 is 1.41 bits per heavy atom. The van der Waals surface area contributed by atoms with E-state index in [9.17, 15) is 0 Å². The van der Waals surface area contributed by atoms with Crippen molar-refractivity contribution in [3.8, 4) is 39.6 Å². The van der Waals surface area contributed by atoms with Crippen LogP contribution in [0.2, 0.25) is 0 Å². The van der Waals surface area contributed by atoms with Crippen molar-refractivity contribution >= 4 is 43.8 Å². The van der Waals surface area contributed by atoms with Crippen molar-refractivity contribution in [1.29, 1.82) is 0 Å². The molecule has 0 bridgehead atoms. The number of fused-ring (bicyclic) bond motifs is 5. The van der Waals surface area contributed by atoms with Crippen molar-refractivity contribution in [3.63, 3.8) is 0 Å². The second kappa shape index (κ2) is 14.3. The summed E-state index contributed by atoms with van der Waals surface area (Å²) in [6, 6.07) is 53.8. The average molecular weight is 793 g/mol. The van der Waals surface area contributed by atoms with Crippen molar-refractivity contribution < 1.29 is 13.1 Å². The van der Waals surface area contributed by atoms with E-state index in [2.05, 4.69) is 133 Å². The Hall–Kier alpha value is -7.57. The number of para-hydroxylation sites is 3. The van der Waals surface area contributed by atoms with Gasteiger partial charge in [-0.05, 0) is 94.0 Å². The molecule has 11 aromatic rings. The molecule has 0 atom stereocenters. The number of rotatable bonds is 7. The molecule has 6 heteroatoms. The summed E-state index contributed by atoms with van der Waals surface area (Å²) >= 11 is 0. The summed E-state index contributed by atoms with van der Waals surface area (Å²) in [5.74, 6) is 1.55. The lowest BCUT2D eigenvalue weighted by Gasteiger charge is -2.22. The number of furan rings is 1. The molecule has 0 amide bonds. The lowest BCUT2D eigenvalue weighted by molar-refractivity contribution is -0.571. The second-order valence-electron chi connectivity index (χ2n) is 16.8. The van der Waals surface area contributed by atoms with E-state index < -0.39 is 6.85 Å². The van der Waals surface area contributed by atoms with Gasteiger partial charge >= 0.3 is 0 Å². The van der Waals surface area contributed by atoms with Crippen LogP contribution in [0.25, 0.3) is 83.4 Å². The predicted molar refractivity (Wildman–Crippen MR) is 247 cm³/mol. The van der Waals surface area contributed by atoms with Gasteiger partial charge in [0.2, 0.25) is 0 Å². The summed E-state index contributed by atoms with van der Waals surface area (Å²) in [5, 5.41) is 3.33. The molecule has 5 heterocycles. The van der Waals surface area contributed by atoms with E-state index in [4.69, 9.17) is 18.5 Å². The summed E-state index contributed by atoms with van der Waals surface area (Å²) in [4.78, 5) is 9.76. The highest BCUT2D eigenvalue weighted by Gasteiger charge is 2.22. The molecule has 0 saturated heterocycles. The third-order valence-electron chi connectivity index (χ3n) is 11.8. The molecule has 0 aliphatic carbocycles. The van der Waals surface area contributed by atoms with Gasteiger partial charge in [-0.15, -0.1) is 0 Å². The molecule has 0 N–H and O–H groups in total. The quantitative estimate of drug-likeness (QED) is 0.119. The summed E-state index contributed by atoms with van der Waals surface area (Å²) in [6.45, 7) is 4.24. The monoisotopic (exact) mass is 792 g/mol. The molecule has 5 aromatic heterocycles. The first kappa shape index (κ1) is 33.3. The fourth-order valence-electron chi connectivity index (χ4n) is 8.76. The van der Waals surface area contributed by atoms with Gasteiger partial charge in [0, 0.05) is 26.5 Å². The molecule has 0 fully saturated rings. The highest BCUT2D eigenvalue weighted by Crippen LogP contribution is 2.38. The molecule has 11 rings (SSSR count). The van der Waals surface area contributed by atoms with Crippen LogP contribution in [0.5, 0.6) is 0 Å². The topological polar surface area (TPSA) is 52.7 Å². The summed E-state index contributed by atoms with van der Waals surface area (Å²) < 4.78 is 37.7. The van der Waals surface area contributed by atoms with Crippen LogP contribution in [0.3, 0.4) is 0 Å². The fraction of sp³-hybridized carbons (Fsp3) is 0.109. The molecule has 294 valence electrons. The Kier molecular flexibility index (Phi) is 7.81. The maximum Gasteiger partial charge on any atom is 0.271 e. The number of imidazole rings is 1. The Morgan fingerprint density at radius 1 is 0.656 bits per heavy atom. The Labute approximate surface area is 358 Å². The molecular formula is C55H43N5O. The zero-order chi connectivity index (χ0) is 43.7. The molecule has 0 radical (unpaired) electrons. The molecule has 0 saturated carbocycles. The van der Waals surface area contributed by atoms with Crippen molar-refractivity contribution in [3.05, 3.63) is 205 Å². The van der Waals surface area contributed by atoms with Gasteiger partial charge in [0.05, 0.1) is 40.2 Å². The van der Waals surface area contributed by atoms with Crippen LogP contribution in [-0.4, -0.2) is 19.1 Å². The lowest BCUT2D eigenvalue weighted by Crippen LogP contribution is -2.31. The van der Waals surface area contributed by atoms with Gasteiger partial charge < -0.3 is 4.42 Å². The molecule has 6 nitrogen and oxygen atoms in total. The third-order valence-corrected chi connectivity index (χ3v) is 11.8. The van der Waals surface area contributed by atoms with E-state index in [1.54, 1.807) is 12.5 Å². The van der Waals surface area contributed by atoms with Gasteiger partial charge in [-0.3, -0.25) is 18.7 Å². The minimum absolute atomic E-state index is 0.122.